The molecule has 0 radical (unpaired) electrons. The van der Waals surface area contributed by atoms with Crippen molar-refractivity contribution in [2.24, 2.45) is 0 Å². The SMILES string of the molecule is CP(=O)([O-])Oc1cccc(Oc2ccc(C(F)(F)F)cn2)c1. The Morgan fingerprint density at radius 2 is 1.86 bits per heavy atom. The van der Waals surface area contributed by atoms with Crippen LogP contribution in [0.3, 0.4) is 0 Å². The molecule has 0 saturated carbocycles. The summed E-state index contributed by atoms with van der Waals surface area (Å²) in [4.78, 5) is 14.6. The van der Waals surface area contributed by atoms with E-state index < -0.39 is 19.3 Å². The normalized spacial score (nSPS) is 14.2. The van der Waals surface area contributed by atoms with E-state index in [1.807, 2.05) is 0 Å². The number of hydrogen-bond acceptors (Lipinski definition) is 5. The number of halogens is 3. The first-order valence-corrected chi connectivity index (χ1v) is 7.92. The predicted octanol–water partition coefficient (Wildman–Crippen LogP) is 3.45. The Bertz CT molecular complexity index is 697. The third-order valence-corrected chi connectivity index (χ3v) is 2.91. The number of nitrogens with zero attached hydrogens (tertiary/aromatic N) is 1. The van der Waals surface area contributed by atoms with Gasteiger partial charge in [0.1, 0.15) is 11.5 Å². The van der Waals surface area contributed by atoms with Crippen molar-refractivity contribution in [1.82, 2.24) is 4.98 Å². The molecule has 0 aliphatic rings. The van der Waals surface area contributed by atoms with Gasteiger partial charge in [0.2, 0.25) is 5.88 Å². The van der Waals surface area contributed by atoms with Crippen LogP contribution in [-0.4, -0.2) is 11.6 Å². The first kappa shape index (κ1) is 16.3. The van der Waals surface area contributed by atoms with E-state index in [4.69, 9.17) is 9.26 Å². The molecule has 0 saturated heterocycles. The van der Waals surface area contributed by atoms with Gasteiger partial charge in [-0.3, -0.25) is 4.57 Å². The maximum atomic E-state index is 12.4. The first-order valence-electron chi connectivity index (χ1n) is 5.93. The Hall–Kier alpha value is -2.05. The van der Waals surface area contributed by atoms with Crippen molar-refractivity contribution in [1.29, 1.82) is 0 Å². The predicted molar refractivity (Wildman–Crippen MR) is 69.9 cm³/mol. The maximum absolute atomic E-state index is 12.4. The minimum absolute atomic E-state index is 0.0326. The van der Waals surface area contributed by atoms with E-state index in [0.717, 1.165) is 18.8 Å². The molecule has 2 rings (SSSR count). The van der Waals surface area contributed by atoms with E-state index in [-0.39, 0.29) is 17.4 Å². The van der Waals surface area contributed by atoms with Gasteiger partial charge in [-0.2, -0.15) is 13.2 Å². The van der Waals surface area contributed by atoms with Gasteiger partial charge in [0.15, 0.2) is 7.60 Å². The molecule has 1 heterocycles. The molecule has 0 aliphatic heterocycles. The molecule has 2 aromatic rings. The number of alkyl halides is 3. The van der Waals surface area contributed by atoms with Crippen molar-refractivity contribution in [3.8, 4) is 17.4 Å². The number of benzene rings is 1. The van der Waals surface area contributed by atoms with Crippen LogP contribution in [0.25, 0.3) is 0 Å². The molecule has 1 unspecified atom stereocenters. The van der Waals surface area contributed by atoms with Gasteiger partial charge in [0.25, 0.3) is 0 Å². The second kappa shape index (κ2) is 5.98. The molecule has 0 bridgehead atoms. The lowest BCUT2D eigenvalue weighted by Crippen LogP contribution is -2.05. The van der Waals surface area contributed by atoms with Crippen molar-refractivity contribution < 1.29 is 31.9 Å². The molecule has 0 aliphatic carbocycles. The summed E-state index contributed by atoms with van der Waals surface area (Å²) >= 11 is 0. The zero-order chi connectivity index (χ0) is 16.4. The van der Waals surface area contributed by atoms with Crippen LogP contribution >= 0.6 is 7.60 Å². The summed E-state index contributed by atoms with van der Waals surface area (Å²) in [6, 6.07) is 7.55. The summed E-state index contributed by atoms with van der Waals surface area (Å²) in [6.07, 6.45) is -3.83. The second-order valence-electron chi connectivity index (χ2n) is 4.32. The summed E-state index contributed by atoms with van der Waals surface area (Å²) in [6.45, 7) is 0.915. The Labute approximate surface area is 123 Å². The van der Waals surface area contributed by atoms with Crippen molar-refractivity contribution in [3.63, 3.8) is 0 Å². The third kappa shape index (κ3) is 4.75. The monoisotopic (exact) mass is 332 g/mol. The number of hydrogen-bond donors (Lipinski definition) is 0. The third-order valence-electron chi connectivity index (χ3n) is 2.36. The van der Waals surface area contributed by atoms with E-state index in [0.29, 0.717) is 6.20 Å². The Morgan fingerprint density at radius 1 is 1.18 bits per heavy atom. The highest BCUT2D eigenvalue weighted by Crippen LogP contribution is 2.36. The molecule has 0 fully saturated rings. The fraction of sp³-hybridized carbons (Fsp3) is 0.154. The lowest BCUT2D eigenvalue weighted by Gasteiger charge is -2.19. The quantitative estimate of drug-likeness (QED) is 0.802. The van der Waals surface area contributed by atoms with Gasteiger partial charge < -0.3 is 14.2 Å². The Morgan fingerprint density at radius 3 is 2.41 bits per heavy atom. The number of pyridine rings is 1. The smallest absolute Gasteiger partial charge is 0.417 e. The minimum Gasteiger partial charge on any atom is -0.769 e. The number of rotatable bonds is 4. The molecule has 0 amide bonds. The largest absolute Gasteiger partial charge is 0.769 e. The zero-order valence-electron chi connectivity index (χ0n) is 11.2. The van der Waals surface area contributed by atoms with Crippen LogP contribution in [0.4, 0.5) is 13.2 Å². The van der Waals surface area contributed by atoms with Crippen LogP contribution < -0.4 is 14.2 Å². The van der Waals surface area contributed by atoms with Crippen LogP contribution in [0.15, 0.2) is 42.6 Å². The van der Waals surface area contributed by atoms with E-state index in [2.05, 4.69) is 4.98 Å². The molecule has 118 valence electrons. The molecule has 0 spiro atoms. The van der Waals surface area contributed by atoms with E-state index in [1.165, 1.54) is 24.3 Å². The van der Waals surface area contributed by atoms with Crippen LogP contribution in [-0.2, 0) is 10.7 Å². The Kier molecular flexibility index (Phi) is 4.44. The molecule has 0 N–H and O–H groups in total. The standard InChI is InChI=1S/C13H11F3NO4P/c1-22(18,19)21-11-4-2-3-10(7-11)20-12-6-5-9(8-17-12)13(14,15)16/h2-8H,1H3,(H,18,19)/p-1. The van der Waals surface area contributed by atoms with E-state index in [1.54, 1.807) is 0 Å². The van der Waals surface area contributed by atoms with Crippen molar-refractivity contribution in [3.05, 3.63) is 48.2 Å². The maximum Gasteiger partial charge on any atom is 0.417 e. The number of aromatic nitrogens is 1. The van der Waals surface area contributed by atoms with Crippen LogP contribution in [0, 0.1) is 0 Å². The summed E-state index contributed by atoms with van der Waals surface area (Å²) in [7, 11) is -3.96. The summed E-state index contributed by atoms with van der Waals surface area (Å²) in [5.41, 5.74) is -0.893. The zero-order valence-corrected chi connectivity index (χ0v) is 12.1. The summed E-state index contributed by atoms with van der Waals surface area (Å²) < 4.78 is 58.2. The summed E-state index contributed by atoms with van der Waals surface area (Å²) in [5.74, 6) is 0.149. The Balaban J connectivity index is 2.14. The molecular formula is C13H10F3NO4P-. The average molecular weight is 332 g/mol. The number of ether oxygens (including phenoxy) is 1. The lowest BCUT2D eigenvalue weighted by molar-refractivity contribution is -0.188. The molecular weight excluding hydrogens is 322 g/mol. The fourth-order valence-electron chi connectivity index (χ4n) is 1.52. The van der Waals surface area contributed by atoms with E-state index >= 15 is 0 Å². The van der Waals surface area contributed by atoms with Gasteiger partial charge in [-0.05, 0) is 18.2 Å². The molecule has 1 aromatic heterocycles. The average Bonchev–Trinajstić information content (AvgIpc) is 2.36. The minimum atomic E-state index is -4.48. The fourth-order valence-corrected chi connectivity index (χ4v) is 2.01. The molecule has 1 aromatic carbocycles. The molecule has 22 heavy (non-hydrogen) atoms. The van der Waals surface area contributed by atoms with Gasteiger partial charge in [0.05, 0.1) is 5.56 Å². The van der Waals surface area contributed by atoms with Crippen molar-refractivity contribution in [2.75, 3.05) is 6.66 Å². The van der Waals surface area contributed by atoms with Gasteiger partial charge in [-0.1, -0.05) is 6.07 Å². The molecule has 1 atom stereocenters. The molecule has 9 heteroatoms. The highest BCUT2D eigenvalue weighted by Gasteiger charge is 2.30. The van der Waals surface area contributed by atoms with Gasteiger partial charge in [-0.15, -0.1) is 0 Å². The second-order valence-corrected chi connectivity index (χ2v) is 6.05. The summed E-state index contributed by atoms with van der Waals surface area (Å²) in [5, 5.41) is 0. The van der Waals surface area contributed by atoms with Gasteiger partial charge in [-0.25, -0.2) is 4.98 Å². The van der Waals surface area contributed by atoms with Gasteiger partial charge >= 0.3 is 6.18 Å². The molecule has 5 nitrogen and oxygen atoms in total. The topological polar surface area (TPSA) is 71.5 Å². The van der Waals surface area contributed by atoms with Crippen molar-refractivity contribution in [2.45, 2.75) is 6.18 Å². The van der Waals surface area contributed by atoms with Crippen LogP contribution in [0.1, 0.15) is 5.56 Å². The van der Waals surface area contributed by atoms with Crippen molar-refractivity contribution >= 4 is 7.60 Å². The first-order chi connectivity index (χ1) is 10.1. The van der Waals surface area contributed by atoms with Crippen LogP contribution in [0.2, 0.25) is 0 Å². The van der Waals surface area contributed by atoms with Crippen LogP contribution in [0.5, 0.6) is 17.4 Å². The van der Waals surface area contributed by atoms with Gasteiger partial charge in [0, 0.05) is 25.0 Å². The lowest BCUT2D eigenvalue weighted by atomic mass is 10.3. The highest BCUT2D eigenvalue weighted by molar-refractivity contribution is 7.50. The highest BCUT2D eigenvalue weighted by atomic mass is 31.2. The van der Waals surface area contributed by atoms with E-state index in [9.17, 15) is 22.6 Å².